The molecule has 2 rings (SSSR count). The van der Waals surface area contributed by atoms with Gasteiger partial charge in [0.2, 0.25) is 11.8 Å². The minimum absolute atomic E-state index is 0.139. The number of carbonyl (C=O) groups excluding carboxylic acids is 2. The van der Waals surface area contributed by atoms with Gasteiger partial charge < -0.3 is 20.8 Å². The molecule has 0 aromatic carbocycles. The molecule has 9 nitrogen and oxygen atoms in total. The molecule has 150 valence electrons. The first kappa shape index (κ1) is 21.3. The van der Waals surface area contributed by atoms with E-state index in [1.165, 1.54) is 18.3 Å². The highest BCUT2D eigenvalue weighted by molar-refractivity contribution is 7.15. The zero-order chi connectivity index (χ0) is 20.1. The molecule has 0 saturated carbocycles. The van der Waals surface area contributed by atoms with E-state index in [2.05, 4.69) is 15.6 Å². The molecule has 1 saturated heterocycles. The van der Waals surface area contributed by atoms with E-state index in [1.54, 1.807) is 0 Å². The minimum Gasteiger partial charge on any atom is -0.480 e. The van der Waals surface area contributed by atoms with Gasteiger partial charge in [-0.15, -0.1) is 11.3 Å². The van der Waals surface area contributed by atoms with Crippen molar-refractivity contribution < 1.29 is 24.6 Å². The van der Waals surface area contributed by atoms with Gasteiger partial charge in [0, 0.05) is 11.4 Å². The van der Waals surface area contributed by atoms with E-state index in [1.807, 2.05) is 18.7 Å². The predicted molar refractivity (Wildman–Crippen MR) is 101 cm³/mol. The summed E-state index contributed by atoms with van der Waals surface area (Å²) in [6.45, 7) is 6.33. The summed E-state index contributed by atoms with van der Waals surface area (Å²) < 4.78 is 0. The first-order valence-electron chi connectivity index (χ1n) is 8.85. The van der Waals surface area contributed by atoms with Gasteiger partial charge in [-0.3, -0.25) is 14.5 Å². The van der Waals surface area contributed by atoms with Crippen LogP contribution in [0.15, 0.2) is 0 Å². The maximum Gasteiger partial charge on any atom is 0.328 e. The molecule has 1 aliphatic heterocycles. The molecular formula is C17H26N4O5S. The molecule has 4 N–H and O–H groups in total. The Labute approximate surface area is 161 Å². The van der Waals surface area contributed by atoms with E-state index in [9.17, 15) is 19.5 Å². The van der Waals surface area contributed by atoms with Crippen LogP contribution in [0.3, 0.4) is 0 Å². The Balaban J connectivity index is 1.88. The van der Waals surface area contributed by atoms with Crippen LogP contribution in [0.1, 0.15) is 30.3 Å². The second kappa shape index (κ2) is 9.25. The molecule has 27 heavy (non-hydrogen) atoms. The fourth-order valence-electron chi connectivity index (χ4n) is 2.96. The molecule has 10 heteroatoms. The molecule has 2 heterocycles. The molecule has 1 aromatic rings. The Morgan fingerprint density at radius 3 is 2.63 bits per heavy atom. The van der Waals surface area contributed by atoms with Crippen molar-refractivity contribution >= 4 is 34.3 Å². The van der Waals surface area contributed by atoms with Gasteiger partial charge in [0.25, 0.3) is 0 Å². The number of thiazole rings is 1. The number of aliphatic hydroxyl groups is 1. The van der Waals surface area contributed by atoms with Crippen molar-refractivity contribution in [2.24, 2.45) is 5.92 Å². The van der Waals surface area contributed by atoms with E-state index in [0.29, 0.717) is 24.6 Å². The molecule has 2 amide bonds. The number of carboxylic acid groups (broad SMARTS) is 1. The molecule has 0 aliphatic carbocycles. The normalized spacial score (nSPS) is 19.9. The summed E-state index contributed by atoms with van der Waals surface area (Å²) in [6.07, 6.45) is 0.149. The number of piperidine rings is 1. The molecule has 0 bridgehead atoms. The second-order valence-electron chi connectivity index (χ2n) is 6.85. The van der Waals surface area contributed by atoms with E-state index in [0.717, 1.165) is 17.0 Å². The Morgan fingerprint density at radius 1 is 1.37 bits per heavy atom. The van der Waals surface area contributed by atoms with Crippen LogP contribution in [-0.2, 0) is 14.4 Å². The summed E-state index contributed by atoms with van der Waals surface area (Å²) in [5.74, 6) is -2.31. The molecule has 3 atom stereocenters. The topological polar surface area (TPSA) is 132 Å². The third-order valence-corrected chi connectivity index (χ3v) is 5.55. The van der Waals surface area contributed by atoms with Crippen LogP contribution in [0, 0.1) is 19.8 Å². The highest BCUT2D eigenvalue weighted by atomic mass is 32.1. The highest BCUT2D eigenvalue weighted by Crippen LogP contribution is 2.21. The Kier molecular flexibility index (Phi) is 7.28. The molecule has 3 unspecified atom stereocenters. The van der Waals surface area contributed by atoms with Crippen molar-refractivity contribution in [2.45, 2.75) is 45.8 Å². The van der Waals surface area contributed by atoms with Gasteiger partial charge in [0.05, 0.1) is 24.3 Å². The summed E-state index contributed by atoms with van der Waals surface area (Å²) in [4.78, 5) is 42.9. The smallest absolute Gasteiger partial charge is 0.328 e. The maximum atomic E-state index is 12.4. The number of carbonyl (C=O) groups is 3. The third-order valence-electron chi connectivity index (χ3n) is 4.56. The van der Waals surface area contributed by atoms with Crippen molar-refractivity contribution in [1.82, 2.24) is 15.2 Å². The maximum absolute atomic E-state index is 12.4. The summed E-state index contributed by atoms with van der Waals surface area (Å²) >= 11 is 1.42. The van der Waals surface area contributed by atoms with Crippen molar-refractivity contribution in [3.8, 4) is 0 Å². The van der Waals surface area contributed by atoms with Crippen LogP contribution in [0.2, 0.25) is 0 Å². The van der Waals surface area contributed by atoms with Crippen LogP contribution in [0.4, 0.5) is 5.13 Å². The minimum atomic E-state index is -1.34. The van der Waals surface area contributed by atoms with E-state index < -0.39 is 29.9 Å². The summed E-state index contributed by atoms with van der Waals surface area (Å²) in [6, 6.07) is -1.34. The number of carboxylic acids is 1. The van der Waals surface area contributed by atoms with Crippen LogP contribution in [0.25, 0.3) is 0 Å². The van der Waals surface area contributed by atoms with Gasteiger partial charge in [0.15, 0.2) is 11.2 Å². The molecule has 1 fully saturated rings. The number of hydrogen-bond acceptors (Lipinski definition) is 7. The molecular weight excluding hydrogens is 372 g/mol. The number of nitrogens with zero attached hydrogens (tertiary/aromatic N) is 2. The van der Waals surface area contributed by atoms with E-state index in [4.69, 9.17) is 5.11 Å². The number of hydrogen-bond donors (Lipinski definition) is 4. The van der Waals surface area contributed by atoms with Crippen LogP contribution in [-0.4, -0.2) is 69.7 Å². The Morgan fingerprint density at radius 2 is 2.07 bits per heavy atom. The lowest BCUT2D eigenvalue weighted by Gasteiger charge is -2.32. The predicted octanol–water partition coefficient (Wildman–Crippen LogP) is 0.361. The lowest BCUT2D eigenvalue weighted by molar-refractivity contribution is -0.145. The van der Waals surface area contributed by atoms with Gasteiger partial charge in [-0.2, -0.15) is 0 Å². The van der Waals surface area contributed by atoms with Gasteiger partial charge in [-0.1, -0.05) is 0 Å². The zero-order valence-electron chi connectivity index (χ0n) is 15.7. The molecule has 1 aliphatic rings. The third kappa shape index (κ3) is 5.98. The second-order valence-corrected chi connectivity index (χ2v) is 8.05. The number of rotatable bonds is 7. The number of nitrogens with one attached hydrogen (secondary N) is 2. The Bertz CT molecular complexity index is 686. The van der Waals surface area contributed by atoms with Gasteiger partial charge >= 0.3 is 5.97 Å². The van der Waals surface area contributed by atoms with Crippen molar-refractivity contribution in [3.05, 3.63) is 10.6 Å². The van der Waals surface area contributed by atoms with Crippen LogP contribution >= 0.6 is 11.3 Å². The lowest BCUT2D eigenvalue weighted by Crippen LogP contribution is -2.52. The summed E-state index contributed by atoms with van der Waals surface area (Å²) in [5.41, 5.74) is 0.885. The van der Waals surface area contributed by atoms with Gasteiger partial charge in [0.1, 0.15) is 0 Å². The number of aromatic nitrogens is 1. The van der Waals surface area contributed by atoms with Crippen molar-refractivity contribution in [1.29, 1.82) is 0 Å². The SMILES string of the molecule is Cc1nc(NC(=O)CN2CCCC(C(=O)NC(C(=O)O)C(C)O)C2)sc1C. The number of aliphatic hydroxyl groups excluding tert-OH is 1. The molecule has 0 spiro atoms. The monoisotopic (exact) mass is 398 g/mol. The number of anilines is 1. The zero-order valence-corrected chi connectivity index (χ0v) is 16.5. The molecule has 0 radical (unpaired) electrons. The van der Waals surface area contributed by atoms with E-state index in [-0.39, 0.29) is 12.5 Å². The van der Waals surface area contributed by atoms with Crippen LogP contribution < -0.4 is 10.6 Å². The quantitative estimate of drug-likeness (QED) is 0.521. The fourth-order valence-corrected chi connectivity index (χ4v) is 3.79. The Hall–Kier alpha value is -2.04. The van der Waals surface area contributed by atoms with Crippen LogP contribution in [0.5, 0.6) is 0 Å². The lowest BCUT2D eigenvalue weighted by atomic mass is 9.96. The average Bonchev–Trinajstić information content (AvgIpc) is 2.89. The highest BCUT2D eigenvalue weighted by Gasteiger charge is 2.31. The van der Waals surface area contributed by atoms with E-state index >= 15 is 0 Å². The average molecular weight is 398 g/mol. The first-order chi connectivity index (χ1) is 12.7. The number of aliphatic carboxylic acids is 1. The van der Waals surface area contributed by atoms with Gasteiger partial charge in [-0.25, -0.2) is 9.78 Å². The number of likely N-dealkylation sites (tertiary alicyclic amines) is 1. The largest absolute Gasteiger partial charge is 0.480 e. The van der Waals surface area contributed by atoms with Gasteiger partial charge in [-0.05, 0) is 40.2 Å². The number of aryl methyl sites for hydroxylation is 2. The fraction of sp³-hybridized carbons (Fsp3) is 0.647. The summed E-state index contributed by atoms with van der Waals surface area (Å²) in [7, 11) is 0. The van der Waals surface area contributed by atoms with Crippen molar-refractivity contribution in [2.75, 3.05) is 25.0 Å². The first-order valence-corrected chi connectivity index (χ1v) is 9.66. The molecule has 1 aromatic heterocycles. The van der Waals surface area contributed by atoms with Crippen molar-refractivity contribution in [3.63, 3.8) is 0 Å². The summed E-state index contributed by atoms with van der Waals surface area (Å²) in [5, 5.41) is 24.3. The number of amides is 2. The standard InChI is InChI=1S/C17H26N4O5S/c1-9-11(3)27-17(18-9)19-13(23)8-21-6-4-5-12(7-21)15(24)20-14(10(2)22)16(25)26/h10,12,14,22H,4-8H2,1-3H3,(H,20,24)(H,25,26)(H,18,19,23).